The Bertz CT molecular complexity index is 1400. The van der Waals surface area contributed by atoms with Crippen LogP contribution in [-0.4, -0.2) is 29.1 Å². The van der Waals surface area contributed by atoms with Crippen molar-refractivity contribution in [2.45, 2.75) is 18.9 Å². The first-order chi connectivity index (χ1) is 16.1. The van der Waals surface area contributed by atoms with Gasteiger partial charge < -0.3 is 18.8 Å². The lowest BCUT2D eigenvalue weighted by Gasteiger charge is -2.22. The summed E-state index contributed by atoms with van der Waals surface area (Å²) >= 11 is 0. The van der Waals surface area contributed by atoms with Gasteiger partial charge in [-0.15, -0.1) is 0 Å². The first-order valence-electron chi connectivity index (χ1n) is 10.6. The Kier molecular flexibility index (Phi) is 4.53. The maximum Gasteiger partial charge on any atom is 0.254 e. The van der Waals surface area contributed by atoms with Crippen LogP contribution in [0, 0.1) is 11.6 Å². The minimum absolute atomic E-state index is 0.132. The molecule has 1 atom stereocenters. The van der Waals surface area contributed by atoms with Crippen molar-refractivity contribution in [2.75, 3.05) is 13.3 Å². The molecule has 0 radical (unpaired) electrons. The largest absolute Gasteiger partial charge is 0.454 e. The molecule has 0 aliphatic carbocycles. The van der Waals surface area contributed by atoms with Gasteiger partial charge in [0, 0.05) is 23.7 Å². The second-order valence-electron chi connectivity index (χ2n) is 8.08. The van der Waals surface area contributed by atoms with Crippen molar-refractivity contribution >= 4 is 17.0 Å². The molecule has 0 unspecified atom stereocenters. The van der Waals surface area contributed by atoms with E-state index in [0.717, 1.165) is 18.9 Å². The molecule has 6 nitrogen and oxygen atoms in total. The van der Waals surface area contributed by atoms with Crippen LogP contribution >= 0.6 is 0 Å². The Morgan fingerprint density at radius 2 is 1.88 bits per heavy atom. The molecule has 0 saturated carbocycles. The maximum absolute atomic E-state index is 14.2. The van der Waals surface area contributed by atoms with Gasteiger partial charge in [0.1, 0.15) is 23.2 Å². The molecule has 6 rings (SSSR count). The van der Waals surface area contributed by atoms with Gasteiger partial charge in [-0.2, -0.15) is 0 Å². The SMILES string of the molecule is O=C(c1ccc2c(c1)OCO2)N1CCC[C@@H]1c1nc2cc(-c3ccc(F)cc3F)ccc2o1. The molecule has 0 N–H and O–H groups in total. The third-order valence-electron chi connectivity index (χ3n) is 6.06. The summed E-state index contributed by atoms with van der Waals surface area (Å²) in [6.07, 6.45) is 1.55. The molecule has 4 aromatic rings. The van der Waals surface area contributed by atoms with E-state index in [1.165, 1.54) is 12.1 Å². The summed E-state index contributed by atoms with van der Waals surface area (Å²) in [6.45, 7) is 0.731. The molecule has 2 aliphatic heterocycles. The molecule has 166 valence electrons. The zero-order chi connectivity index (χ0) is 22.5. The van der Waals surface area contributed by atoms with Crippen LogP contribution in [0.2, 0.25) is 0 Å². The molecule has 33 heavy (non-hydrogen) atoms. The first-order valence-corrected chi connectivity index (χ1v) is 10.6. The normalized spacial score (nSPS) is 17.2. The monoisotopic (exact) mass is 448 g/mol. The predicted octanol–water partition coefficient (Wildman–Crippen LogP) is 5.48. The summed E-state index contributed by atoms with van der Waals surface area (Å²) in [6, 6.07) is 13.4. The van der Waals surface area contributed by atoms with Crippen LogP contribution in [0.25, 0.3) is 22.2 Å². The molecule has 3 heterocycles. The number of nitrogens with zero attached hydrogens (tertiary/aromatic N) is 2. The Hall–Kier alpha value is -3.94. The summed E-state index contributed by atoms with van der Waals surface area (Å²) in [5.74, 6) is 0.209. The van der Waals surface area contributed by atoms with Gasteiger partial charge in [0.15, 0.2) is 17.1 Å². The molecule has 0 bridgehead atoms. The molecule has 0 spiro atoms. The minimum Gasteiger partial charge on any atom is -0.454 e. The predicted molar refractivity (Wildman–Crippen MR) is 115 cm³/mol. The summed E-state index contributed by atoms with van der Waals surface area (Å²) in [5, 5.41) is 0. The average Bonchev–Trinajstić information content (AvgIpc) is 3.56. The molecule has 1 saturated heterocycles. The van der Waals surface area contributed by atoms with Crippen molar-refractivity contribution in [3.63, 3.8) is 0 Å². The Labute approximate surface area is 187 Å². The minimum atomic E-state index is -0.644. The van der Waals surface area contributed by atoms with Crippen molar-refractivity contribution in [1.82, 2.24) is 9.88 Å². The highest BCUT2D eigenvalue weighted by atomic mass is 19.1. The van der Waals surface area contributed by atoms with Crippen LogP contribution in [0.5, 0.6) is 11.5 Å². The second kappa shape index (κ2) is 7.58. The fourth-order valence-corrected chi connectivity index (χ4v) is 4.44. The zero-order valence-corrected chi connectivity index (χ0v) is 17.4. The van der Waals surface area contributed by atoms with E-state index in [1.807, 2.05) is 0 Å². The van der Waals surface area contributed by atoms with Crippen molar-refractivity contribution in [3.8, 4) is 22.6 Å². The molecular formula is C25H18F2N2O4. The number of amides is 1. The van der Waals surface area contributed by atoms with Gasteiger partial charge in [-0.05, 0) is 60.9 Å². The highest BCUT2D eigenvalue weighted by Crippen LogP contribution is 2.37. The number of likely N-dealkylation sites (tertiary alicyclic amines) is 1. The molecule has 3 aromatic carbocycles. The third kappa shape index (κ3) is 3.38. The van der Waals surface area contributed by atoms with Crippen molar-refractivity contribution in [2.24, 2.45) is 0 Å². The smallest absolute Gasteiger partial charge is 0.254 e. The van der Waals surface area contributed by atoms with E-state index in [9.17, 15) is 13.6 Å². The highest BCUT2D eigenvalue weighted by molar-refractivity contribution is 5.95. The lowest BCUT2D eigenvalue weighted by atomic mass is 10.0. The summed E-state index contributed by atoms with van der Waals surface area (Å²) in [5.41, 5.74) is 2.45. The van der Waals surface area contributed by atoms with Gasteiger partial charge in [-0.1, -0.05) is 6.07 Å². The van der Waals surface area contributed by atoms with Crippen molar-refractivity contribution in [1.29, 1.82) is 0 Å². The molecule has 1 amide bonds. The second-order valence-corrected chi connectivity index (χ2v) is 8.08. The number of rotatable bonds is 3. The molecular weight excluding hydrogens is 430 g/mol. The molecule has 8 heteroatoms. The van der Waals surface area contributed by atoms with Gasteiger partial charge in [0.05, 0.1) is 0 Å². The number of benzene rings is 3. The summed E-state index contributed by atoms with van der Waals surface area (Å²) in [4.78, 5) is 19.6. The van der Waals surface area contributed by atoms with Crippen LogP contribution in [-0.2, 0) is 0 Å². The molecule has 2 aliphatic rings. The Balaban J connectivity index is 1.31. The number of carbonyl (C=O) groups is 1. The third-order valence-corrected chi connectivity index (χ3v) is 6.06. The Morgan fingerprint density at radius 3 is 2.76 bits per heavy atom. The van der Waals surface area contributed by atoms with Crippen LogP contribution in [0.1, 0.15) is 35.1 Å². The standard InChI is InChI=1S/C25H18F2N2O4/c26-16-5-6-17(18(27)12-16)14-3-7-21-19(10-14)28-24(33-21)20-2-1-9-29(20)25(30)15-4-8-22-23(11-15)32-13-31-22/h3-8,10-12,20H,1-2,9,13H2/t20-/m1/s1. The van der Waals surface area contributed by atoms with E-state index in [0.29, 0.717) is 46.2 Å². The number of fused-ring (bicyclic) bond motifs is 2. The van der Waals surface area contributed by atoms with Crippen molar-refractivity contribution < 1.29 is 27.5 Å². The van der Waals surface area contributed by atoms with Gasteiger partial charge in [0.2, 0.25) is 12.7 Å². The fraction of sp³-hybridized carbons (Fsp3) is 0.200. The number of halogens is 2. The maximum atomic E-state index is 14.2. The van der Waals surface area contributed by atoms with E-state index < -0.39 is 11.6 Å². The summed E-state index contributed by atoms with van der Waals surface area (Å²) in [7, 11) is 0. The first kappa shape index (κ1) is 19.7. The van der Waals surface area contributed by atoms with Crippen LogP contribution in [0.3, 0.4) is 0 Å². The highest BCUT2D eigenvalue weighted by Gasteiger charge is 2.34. The van der Waals surface area contributed by atoms with Crippen LogP contribution in [0.4, 0.5) is 8.78 Å². The van der Waals surface area contributed by atoms with Gasteiger partial charge in [0.25, 0.3) is 5.91 Å². The fourth-order valence-electron chi connectivity index (χ4n) is 4.44. The van der Waals surface area contributed by atoms with E-state index in [-0.39, 0.29) is 24.3 Å². The average molecular weight is 448 g/mol. The Morgan fingerprint density at radius 1 is 1.00 bits per heavy atom. The number of carbonyl (C=O) groups excluding carboxylic acids is 1. The molecule has 1 fully saturated rings. The van der Waals surface area contributed by atoms with Crippen molar-refractivity contribution in [3.05, 3.63) is 77.7 Å². The van der Waals surface area contributed by atoms with Gasteiger partial charge >= 0.3 is 0 Å². The number of aromatic nitrogens is 1. The number of oxazole rings is 1. The number of ether oxygens (including phenoxy) is 2. The zero-order valence-electron chi connectivity index (χ0n) is 17.4. The quantitative estimate of drug-likeness (QED) is 0.415. The van der Waals surface area contributed by atoms with E-state index in [1.54, 1.807) is 41.3 Å². The number of hydrogen-bond donors (Lipinski definition) is 0. The lowest BCUT2D eigenvalue weighted by Crippen LogP contribution is -2.30. The summed E-state index contributed by atoms with van der Waals surface area (Å²) < 4.78 is 44.2. The van der Waals surface area contributed by atoms with E-state index in [4.69, 9.17) is 13.9 Å². The molecule has 1 aromatic heterocycles. The number of hydrogen-bond acceptors (Lipinski definition) is 5. The van der Waals surface area contributed by atoms with E-state index in [2.05, 4.69) is 4.98 Å². The van der Waals surface area contributed by atoms with Gasteiger partial charge in [-0.3, -0.25) is 4.79 Å². The van der Waals surface area contributed by atoms with Gasteiger partial charge in [-0.25, -0.2) is 13.8 Å². The van der Waals surface area contributed by atoms with Crippen LogP contribution < -0.4 is 9.47 Å². The van der Waals surface area contributed by atoms with Crippen LogP contribution in [0.15, 0.2) is 59.0 Å². The topological polar surface area (TPSA) is 64.8 Å². The lowest BCUT2D eigenvalue weighted by molar-refractivity contribution is 0.0716. The van der Waals surface area contributed by atoms with E-state index >= 15 is 0 Å².